The molecule has 0 heterocycles. The molecule has 1 saturated carbocycles. The van der Waals surface area contributed by atoms with Crippen molar-refractivity contribution in [1.29, 1.82) is 0 Å². The average molecular weight is 200 g/mol. The number of nitrogens with one attached hydrogen (secondary N) is 2. The number of quaternary nitrogens is 1. The second-order valence-corrected chi connectivity index (χ2v) is 4.97. The van der Waals surface area contributed by atoms with Crippen molar-refractivity contribution in [1.82, 2.24) is 10.6 Å². The molecule has 1 aliphatic rings. The summed E-state index contributed by atoms with van der Waals surface area (Å²) in [6.07, 6.45) is 2.29. The topological polar surface area (TPSA) is 41.1 Å². The van der Waals surface area contributed by atoms with Crippen molar-refractivity contribution in [2.24, 2.45) is 5.92 Å². The van der Waals surface area contributed by atoms with Crippen molar-refractivity contribution in [3.8, 4) is 0 Å². The Hall–Kier alpha value is -0.610. The monoisotopic (exact) mass is 200 g/mol. The smallest absolute Gasteiger partial charge is 0.227 e. The van der Waals surface area contributed by atoms with Gasteiger partial charge in [-0.3, -0.25) is 4.79 Å². The second-order valence-electron chi connectivity index (χ2n) is 4.97. The maximum absolute atomic E-state index is 11.6. The van der Waals surface area contributed by atoms with Gasteiger partial charge in [-0.05, 0) is 19.9 Å². The Kier molecular flexibility index (Phi) is 3.50. The number of hydrogen-bond acceptors (Lipinski definition) is 2. The quantitative estimate of drug-likeness (QED) is 0.475. The van der Waals surface area contributed by atoms with Gasteiger partial charge in [-0.15, -0.1) is 0 Å². The molecule has 0 spiro atoms. The minimum atomic E-state index is 0.160. The SMILES string of the molecule is CNCC(NC(=O)C1CC1)[N+](C)(C)C. The molecule has 0 aliphatic heterocycles. The Labute approximate surface area is 86.2 Å². The maximum atomic E-state index is 11.6. The Balaban J connectivity index is 2.45. The summed E-state index contributed by atoms with van der Waals surface area (Å²) in [5.41, 5.74) is 0. The van der Waals surface area contributed by atoms with Crippen LogP contribution in [0.1, 0.15) is 12.8 Å². The van der Waals surface area contributed by atoms with Gasteiger partial charge in [-0.1, -0.05) is 0 Å². The lowest BCUT2D eigenvalue weighted by Gasteiger charge is -2.34. The zero-order valence-corrected chi connectivity index (χ0v) is 9.63. The molecule has 1 aliphatic carbocycles. The lowest BCUT2D eigenvalue weighted by Crippen LogP contribution is -2.59. The second kappa shape index (κ2) is 4.28. The van der Waals surface area contributed by atoms with Crippen LogP contribution in [0.4, 0.5) is 0 Å². The summed E-state index contributed by atoms with van der Waals surface area (Å²) in [6, 6.07) is 0. The van der Waals surface area contributed by atoms with E-state index in [2.05, 4.69) is 31.8 Å². The zero-order chi connectivity index (χ0) is 10.8. The zero-order valence-electron chi connectivity index (χ0n) is 9.63. The molecular formula is C10H22N3O+. The summed E-state index contributed by atoms with van der Waals surface area (Å²) in [6.45, 7) is 0.808. The summed E-state index contributed by atoms with van der Waals surface area (Å²) >= 11 is 0. The fraction of sp³-hybridized carbons (Fsp3) is 0.900. The first-order valence-corrected chi connectivity index (χ1v) is 5.21. The summed E-state index contributed by atoms with van der Waals surface area (Å²) in [4.78, 5) is 11.6. The predicted molar refractivity (Wildman–Crippen MR) is 56.6 cm³/mol. The fourth-order valence-corrected chi connectivity index (χ4v) is 1.34. The first-order chi connectivity index (χ1) is 6.45. The first-order valence-electron chi connectivity index (χ1n) is 5.21. The molecule has 1 amide bonds. The van der Waals surface area contributed by atoms with Crippen molar-refractivity contribution in [2.45, 2.75) is 19.0 Å². The number of rotatable bonds is 5. The van der Waals surface area contributed by atoms with E-state index < -0.39 is 0 Å². The molecule has 0 radical (unpaired) electrons. The van der Waals surface area contributed by atoms with E-state index in [0.29, 0.717) is 5.92 Å². The standard InChI is InChI=1S/C10H21N3O/c1-11-7-9(13(2,3)4)12-10(14)8-5-6-8/h8-9,11H,5-7H2,1-4H3/p+1. The van der Waals surface area contributed by atoms with Gasteiger partial charge in [0.15, 0.2) is 6.17 Å². The van der Waals surface area contributed by atoms with Crippen LogP contribution in [0.25, 0.3) is 0 Å². The number of carbonyl (C=O) groups is 1. The van der Waals surface area contributed by atoms with E-state index in [9.17, 15) is 4.79 Å². The van der Waals surface area contributed by atoms with Crippen LogP contribution in [0.15, 0.2) is 0 Å². The van der Waals surface area contributed by atoms with Gasteiger partial charge in [-0.25, -0.2) is 0 Å². The molecule has 4 heteroatoms. The summed E-state index contributed by atoms with van der Waals surface area (Å²) in [7, 11) is 8.19. The Bertz CT molecular complexity index is 206. The van der Waals surface area contributed by atoms with Gasteiger partial charge in [0.1, 0.15) is 0 Å². The molecule has 0 aromatic carbocycles. The fourth-order valence-electron chi connectivity index (χ4n) is 1.34. The molecular weight excluding hydrogens is 178 g/mol. The van der Waals surface area contributed by atoms with Gasteiger partial charge in [-0.2, -0.15) is 0 Å². The van der Waals surface area contributed by atoms with Crippen LogP contribution >= 0.6 is 0 Å². The van der Waals surface area contributed by atoms with Gasteiger partial charge >= 0.3 is 0 Å². The van der Waals surface area contributed by atoms with E-state index in [0.717, 1.165) is 23.9 Å². The molecule has 0 bridgehead atoms. The highest BCUT2D eigenvalue weighted by atomic mass is 16.2. The molecule has 2 N–H and O–H groups in total. The molecule has 4 nitrogen and oxygen atoms in total. The van der Waals surface area contributed by atoms with Crippen molar-refractivity contribution in [3.05, 3.63) is 0 Å². The number of hydrogen-bond donors (Lipinski definition) is 2. The molecule has 0 aromatic heterocycles. The van der Waals surface area contributed by atoms with Crippen molar-refractivity contribution >= 4 is 5.91 Å². The third-order valence-corrected chi connectivity index (χ3v) is 2.59. The highest BCUT2D eigenvalue weighted by Gasteiger charge is 2.33. The van der Waals surface area contributed by atoms with Crippen molar-refractivity contribution in [2.75, 3.05) is 34.7 Å². The van der Waals surface area contributed by atoms with Crippen LogP contribution in [-0.4, -0.2) is 51.3 Å². The third-order valence-electron chi connectivity index (χ3n) is 2.59. The van der Waals surface area contributed by atoms with Gasteiger partial charge in [0.25, 0.3) is 0 Å². The summed E-state index contributed by atoms with van der Waals surface area (Å²) in [5.74, 6) is 0.513. The van der Waals surface area contributed by atoms with Crippen LogP contribution in [0.3, 0.4) is 0 Å². The van der Waals surface area contributed by atoms with Gasteiger partial charge in [0.2, 0.25) is 5.91 Å². The molecule has 0 aromatic rings. The predicted octanol–water partition coefficient (Wildman–Crippen LogP) is -0.236. The van der Waals surface area contributed by atoms with Crippen molar-refractivity contribution in [3.63, 3.8) is 0 Å². The molecule has 1 rings (SSSR count). The van der Waals surface area contributed by atoms with E-state index in [-0.39, 0.29) is 12.1 Å². The number of amides is 1. The molecule has 1 unspecified atom stereocenters. The normalized spacial score (nSPS) is 19.1. The minimum absolute atomic E-state index is 0.160. The van der Waals surface area contributed by atoms with E-state index in [4.69, 9.17) is 0 Å². The van der Waals surface area contributed by atoms with Crippen LogP contribution in [-0.2, 0) is 4.79 Å². The van der Waals surface area contributed by atoms with Gasteiger partial charge in [0, 0.05) is 5.92 Å². The molecule has 14 heavy (non-hydrogen) atoms. The van der Waals surface area contributed by atoms with E-state index in [1.54, 1.807) is 0 Å². The van der Waals surface area contributed by atoms with Crippen LogP contribution in [0.2, 0.25) is 0 Å². The van der Waals surface area contributed by atoms with Crippen LogP contribution in [0.5, 0.6) is 0 Å². The Morgan fingerprint density at radius 3 is 2.36 bits per heavy atom. The van der Waals surface area contributed by atoms with Crippen LogP contribution < -0.4 is 10.6 Å². The summed E-state index contributed by atoms with van der Waals surface area (Å²) in [5, 5.41) is 6.20. The molecule has 82 valence electrons. The first kappa shape index (κ1) is 11.5. The molecule has 1 fully saturated rings. The lowest BCUT2D eigenvalue weighted by atomic mass is 10.3. The Morgan fingerprint density at radius 2 is 2.00 bits per heavy atom. The van der Waals surface area contributed by atoms with Gasteiger partial charge in [0.05, 0.1) is 27.7 Å². The van der Waals surface area contributed by atoms with E-state index >= 15 is 0 Å². The molecule has 1 atom stereocenters. The molecule has 0 saturated heterocycles. The highest BCUT2D eigenvalue weighted by Crippen LogP contribution is 2.29. The van der Waals surface area contributed by atoms with Gasteiger partial charge < -0.3 is 15.1 Å². The lowest BCUT2D eigenvalue weighted by molar-refractivity contribution is -0.897. The largest absolute Gasteiger partial charge is 0.313 e. The van der Waals surface area contributed by atoms with Crippen molar-refractivity contribution < 1.29 is 9.28 Å². The number of carbonyl (C=O) groups excluding carboxylic acids is 1. The van der Waals surface area contributed by atoms with Crippen LogP contribution in [0, 0.1) is 5.92 Å². The van der Waals surface area contributed by atoms with E-state index in [1.165, 1.54) is 0 Å². The number of likely N-dealkylation sites (N-methyl/N-ethyl adjacent to an activating group) is 2. The third kappa shape index (κ3) is 3.27. The summed E-state index contributed by atoms with van der Waals surface area (Å²) < 4.78 is 0.749. The highest BCUT2D eigenvalue weighted by molar-refractivity contribution is 5.80. The minimum Gasteiger partial charge on any atom is -0.313 e. The average Bonchev–Trinajstić information content (AvgIpc) is 2.83. The maximum Gasteiger partial charge on any atom is 0.227 e. The van der Waals surface area contributed by atoms with E-state index in [1.807, 2.05) is 7.05 Å². The number of nitrogens with zero attached hydrogens (tertiary/aromatic N) is 1. The Morgan fingerprint density at radius 1 is 1.43 bits per heavy atom.